The minimum absolute atomic E-state index is 0.211. The molecule has 0 aliphatic heterocycles. The van der Waals surface area contributed by atoms with E-state index in [2.05, 4.69) is 0 Å². The maximum Gasteiger partial charge on any atom is 0.119 e. The molecule has 0 atom stereocenters. The highest BCUT2D eigenvalue weighted by Gasteiger charge is 1.92. The first-order valence-electron chi connectivity index (χ1n) is 3.61. The molecule has 0 aromatic heterocycles. The second-order valence-electron chi connectivity index (χ2n) is 2.25. The summed E-state index contributed by atoms with van der Waals surface area (Å²) in [7, 11) is 0. The van der Waals surface area contributed by atoms with Gasteiger partial charge in [0.2, 0.25) is 0 Å². The Hall–Kier alpha value is -1.69. The lowest BCUT2D eigenvalue weighted by Gasteiger charge is -2.02. The van der Waals surface area contributed by atoms with Gasteiger partial charge in [0.25, 0.3) is 0 Å². The Morgan fingerprint density at radius 3 is 2.58 bits per heavy atom. The summed E-state index contributed by atoms with van der Waals surface area (Å²) >= 11 is 0. The molecular weight excluding hydrogens is 154 g/mol. The van der Waals surface area contributed by atoms with Gasteiger partial charge >= 0.3 is 0 Å². The predicted molar refractivity (Wildman–Crippen MR) is 43.8 cm³/mol. The summed E-state index contributed by atoms with van der Waals surface area (Å²) in [4.78, 5) is 0. The van der Waals surface area contributed by atoms with Crippen molar-refractivity contribution in [2.75, 3.05) is 6.61 Å². The summed E-state index contributed by atoms with van der Waals surface area (Å²) in [5.74, 6) is 0.880. The molecule has 0 saturated carbocycles. The number of rotatable bonds is 3. The van der Waals surface area contributed by atoms with E-state index in [1.165, 1.54) is 0 Å². The van der Waals surface area contributed by atoms with Crippen LogP contribution in [0.3, 0.4) is 0 Å². The van der Waals surface area contributed by atoms with Crippen LogP contribution >= 0.6 is 0 Å². The van der Waals surface area contributed by atoms with Crippen LogP contribution in [0.5, 0.6) is 11.5 Å². The van der Waals surface area contributed by atoms with Crippen LogP contribution in [0.1, 0.15) is 6.42 Å². The van der Waals surface area contributed by atoms with Crippen LogP contribution in [-0.2, 0) is 0 Å². The van der Waals surface area contributed by atoms with E-state index >= 15 is 0 Å². The van der Waals surface area contributed by atoms with E-state index in [0.717, 1.165) is 0 Å². The van der Waals surface area contributed by atoms with Gasteiger partial charge in [-0.2, -0.15) is 5.26 Å². The molecule has 0 heterocycles. The van der Waals surface area contributed by atoms with Crippen molar-refractivity contribution in [3.05, 3.63) is 24.3 Å². The molecule has 0 spiro atoms. The fraction of sp³-hybridized carbons (Fsp3) is 0.222. The quantitative estimate of drug-likeness (QED) is 0.690. The molecule has 1 rings (SSSR count). The van der Waals surface area contributed by atoms with Crippen molar-refractivity contribution in [3.8, 4) is 17.6 Å². The number of nitriles is 1. The SMILES string of the molecule is N#CCCOc1ccc(O)cc1. The number of phenolic OH excluding ortho intramolecular Hbond substituents is 1. The van der Waals surface area contributed by atoms with E-state index in [9.17, 15) is 0 Å². The van der Waals surface area contributed by atoms with Gasteiger partial charge in [0, 0.05) is 0 Å². The zero-order valence-electron chi connectivity index (χ0n) is 6.53. The van der Waals surface area contributed by atoms with Crippen molar-refractivity contribution in [1.29, 1.82) is 5.26 Å². The third kappa shape index (κ3) is 2.51. The Kier molecular flexibility index (Phi) is 2.97. The topological polar surface area (TPSA) is 53.2 Å². The summed E-state index contributed by atoms with van der Waals surface area (Å²) < 4.78 is 5.17. The van der Waals surface area contributed by atoms with Crippen molar-refractivity contribution in [1.82, 2.24) is 0 Å². The number of phenols is 1. The van der Waals surface area contributed by atoms with Gasteiger partial charge < -0.3 is 9.84 Å². The van der Waals surface area contributed by atoms with Gasteiger partial charge in [-0.3, -0.25) is 0 Å². The van der Waals surface area contributed by atoms with Gasteiger partial charge in [-0.1, -0.05) is 0 Å². The smallest absolute Gasteiger partial charge is 0.119 e. The van der Waals surface area contributed by atoms with Crippen LogP contribution in [0, 0.1) is 11.3 Å². The molecule has 0 unspecified atom stereocenters. The lowest BCUT2D eigenvalue weighted by molar-refractivity contribution is 0.326. The zero-order valence-corrected chi connectivity index (χ0v) is 6.53. The first kappa shape index (κ1) is 8.41. The lowest BCUT2D eigenvalue weighted by atomic mass is 10.3. The molecule has 62 valence electrons. The van der Waals surface area contributed by atoms with Crippen LogP contribution < -0.4 is 4.74 Å². The normalized spacial score (nSPS) is 8.92. The van der Waals surface area contributed by atoms with Crippen LogP contribution in [0.25, 0.3) is 0 Å². The molecule has 0 amide bonds. The van der Waals surface area contributed by atoms with Crippen molar-refractivity contribution in [2.45, 2.75) is 6.42 Å². The lowest BCUT2D eigenvalue weighted by Crippen LogP contribution is -1.94. The fourth-order valence-electron chi connectivity index (χ4n) is 0.757. The molecule has 0 radical (unpaired) electrons. The third-order valence-corrected chi connectivity index (χ3v) is 1.32. The average Bonchev–Trinajstić information content (AvgIpc) is 2.09. The Morgan fingerprint density at radius 2 is 2.00 bits per heavy atom. The molecule has 3 nitrogen and oxygen atoms in total. The fourth-order valence-corrected chi connectivity index (χ4v) is 0.757. The molecule has 12 heavy (non-hydrogen) atoms. The van der Waals surface area contributed by atoms with Crippen LogP contribution in [0.15, 0.2) is 24.3 Å². The van der Waals surface area contributed by atoms with Crippen LogP contribution in [0.4, 0.5) is 0 Å². The summed E-state index contributed by atoms with van der Waals surface area (Å²) in [5, 5.41) is 17.1. The van der Waals surface area contributed by atoms with Crippen molar-refractivity contribution < 1.29 is 9.84 Å². The molecule has 0 aliphatic carbocycles. The van der Waals surface area contributed by atoms with Crippen molar-refractivity contribution in [3.63, 3.8) is 0 Å². The molecule has 3 heteroatoms. The Morgan fingerprint density at radius 1 is 1.33 bits per heavy atom. The van der Waals surface area contributed by atoms with E-state index in [4.69, 9.17) is 15.1 Å². The highest BCUT2D eigenvalue weighted by Crippen LogP contribution is 2.15. The molecule has 1 aromatic rings. The molecule has 0 fully saturated rings. The third-order valence-electron chi connectivity index (χ3n) is 1.32. The molecule has 0 saturated heterocycles. The molecule has 0 bridgehead atoms. The second-order valence-corrected chi connectivity index (χ2v) is 2.25. The van der Waals surface area contributed by atoms with E-state index in [0.29, 0.717) is 18.8 Å². The summed E-state index contributed by atoms with van der Waals surface area (Å²) in [6, 6.07) is 8.38. The number of hydrogen-bond donors (Lipinski definition) is 1. The number of nitrogens with zero attached hydrogens (tertiary/aromatic N) is 1. The van der Waals surface area contributed by atoms with E-state index < -0.39 is 0 Å². The monoisotopic (exact) mass is 163 g/mol. The minimum atomic E-state index is 0.211. The molecular formula is C9H9NO2. The minimum Gasteiger partial charge on any atom is -0.508 e. The van der Waals surface area contributed by atoms with Crippen LogP contribution in [-0.4, -0.2) is 11.7 Å². The average molecular weight is 163 g/mol. The Bertz CT molecular complexity index is 274. The van der Waals surface area contributed by atoms with Gasteiger partial charge in [0.15, 0.2) is 0 Å². The van der Waals surface area contributed by atoms with Gasteiger partial charge in [-0.15, -0.1) is 0 Å². The van der Waals surface area contributed by atoms with E-state index in [-0.39, 0.29) is 5.75 Å². The van der Waals surface area contributed by atoms with Gasteiger partial charge in [0.1, 0.15) is 18.1 Å². The summed E-state index contributed by atoms with van der Waals surface area (Å²) in [6.45, 7) is 0.390. The molecule has 0 aliphatic rings. The van der Waals surface area contributed by atoms with Crippen molar-refractivity contribution >= 4 is 0 Å². The van der Waals surface area contributed by atoms with Gasteiger partial charge in [0.05, 0.1) is 12.5 Å². The maximum absolute atomic E-state index is 8.92. The zero-order chi connectivity index (χ0) is 8.81. The summed E-state index contributed by atoms with van der Waals surface area (Å²) in [6.07, 6.45) is 0.376. The number of benzene rings is 1. The van der Waals surface area contributed by atoms with Crippen molar-refractivity contribution in [2.24, 2.45) is 0 Å². The van der Waals surface area contributed by atoms with E-state index in [1.54, 1.807) is 24.3 Å². The number of hydrogen-bond acceptors (Lipinski definition) is 3. The maximum atomic E-state index is 8.92. The second kappa shape index (κ2) is 4.24. The van der Waals surface area contributed by atoms with Crippen LogP contribution in [0.2, 0.25) is 0 Å². The van der Waals surface area contributed by atoms with Gasteiger partial charge in [-0.25, -0.2) is 0 Å². The number of ether oxygens (including phenoxy) is 1. The highest BCUT2D eigenvalue weighted by atomic mass is 16.5. The number of aromatic hydroxyl groups is 1. The Labute approximate surface area is 70.8 Å². The standard InChI is InChI=1S/C9H9NO2/c10-6-1-7-12-9-4-2-8(11)3-5-9/h2-5,11H,1,7H2. The highest BCUT2D eigenvalue weighted by molar-refractivity contribution is 5.29. The van der Waals surface area contributed by atoms with Gasteiger partial charge in [-0.05, 0) is 24.3 Å². The first-order valence-corrected chi connectivity index (χ1v) is 3.61. The molecule has 1 N–H and O–H groups in total. The Balaban J connectivity index is 2.43. The molecule has 1 aromatic carbocycles. The van der Waals surface area contributed by atoms with E-state index in [1.807, 2.05) is 6.07 Å². The largest absolute Gasteiger partial charge is 0.508 e. The first-order chi connectivity index (χ1) is 5.83. The summed E-state index contributed by atoms with van der Waals surface area (Å²) in [5.41, 5.74) is 0. The predicted octanol–water partition coefficient (Wildman–Crippen LogP) is 1.68.